The predicted molar refractivity (Wildman–Crippen MR) is 110 cm³/mol. The molecule has 0 aliphatic carbocycles. The fraction of sp³-hybridized carbons (Fsp3) is 0.800. The molecule has 1 fully saturated rings. The van der Waals surface area contributed by atoms with Crippen LogP contribution in [-0.4, -0.2) is 53.4 Å². The van der Waals surface area contributed by atoms with Crippen molar-refractivity contribution in [3.8, 4) is 0 Å². The number of aliphatic imine (C=N–C) groups is 1. The summed E-state index contributed by atoms with van der Waals surface area (Å²) in [5, 5.41) is 11.5. The molecule has 1 unspecified atom stereocenters. The first kappa shape index (κ1) is 20.7. The third-order valence-electron chi connectivity index (χ3n) is 5.67. The first-order valence-corrected chi connectivity index (χ1v) is 10.1. The zero-order chi connectivity index (χ0) is 19.1. The smallest absolute Gasteiger partial charge is 0.191 e. The second-order valence-electron chi connectivity index (χ2n) is 7.84. The number of nitrogens with one attached hydrogen (secondary N) is 2. The van der Waals surface area contributed by atoms with Crippen molar-refractivity contribution in [3.05, 3.63) is 17.0 Å². The van der Waals surface area contributed by atoms with Crippen molar-refractivity contribution in [3.63, 3.8) is 0 Å². The molecule has 1 atom stereocenters. The Morgan fingerprint density at radius 3 is 2.27 bits per heavy atom. The highest BCUT2D eigenvalue weighted by atomic mass is 15.3. The second kappa shape index (κ2) is 9.95. The Labute approximate surface area is 159 Å². The summed E-state index contributed by atoms with van der Waals surface area (Å²) in [6.45, 7) is 13.0. The largest absolute Gasteiger partial charge is 0.355 e. The highest BCUT2D eigenvalue weighted by Crippen LogP contribution is 2.17. The number of aromatic nitrogens is 2. The zero-order valence-electron chi connectivity index (χ0n) is 17.6. The van der Waals surface area contributed by atoms with Gasteiger partial charge in [-0.25, -0.2) is 0 Å². The Morgan fingerprint density at radius 2 is 1.77 bits per heavy atom. The Bertz CT molecular complexity index is 581. The van der Waals surface area contributed by atoms with Crippen LogP contribution in [0.1, 0.15) is 56.5 Å². The van der Waals surface area contributed by atoms with Crippen LogP contribution in [-0.2, 0) is 13.6 Å². The summed E-state index contributed by atoms with van der Waals surface area (Å²) in [6.07, 6.45) is 5.41. The van der Waals surface area contributed by atoms with Crippen molar-refractivity contribution in [1.82, 2.24) is 25.3 Å². The van der Waals surface area contributed by atoms with Crippen molar-refractivity contribution in [2.45, 2.75) is 66.0 Å². The van der Waals surface area contributed by atoms with Gasteiger partial charge in [0.1, 0.15) is 0 Å². The van der Waals surface area contributed by atoms with Gasteiger partial charge in [-0.05, 0) is 45.7 Å². The van der Waals surface area contributed by atoms with Gasteiger partial charge < -0.3 is 10.6 Å². The van der Waals surface area contributed by atoms with Gasteiger partial charge in [-0.2, -0.15) is 5.10 Å². The van der Waals surface area contributed by atoms with Gasteiger partial charge in [0.2, 0.25) is 0 Å². The Kier molecular flexibility index (Phi) is 7.94. The number of nitrogens with zero attached hydrogens (tertiary/aromatic N) is 4. The SMILES string of the molecule is CN=C(NCc1c(C)nn(C)c1C)NCC(C(C)C)N1CCCCCC1. The molecule has 2 heterocycles. The fourth-order valence-corrected chi connectivity index (χ4v) is 3.88. The molecule has 1 saturated heterocycles. The highest BCUT2D eigenvalue weighted by Gasteiger charge is 2.23. The lowest BCUT2D eigenvalue weighted by Gasteiger charge is -2.34. The van der Waals surface area contributed by atoms with Crippen LogP contribution >= 0.6 is 0 Å². The summed E-state index contributed by atoms with van der Waals surface area (Å²) in [5.41, 5.74) is 3.54. The Balaban J connectivity index is 1.91. The lowest BCUT2D eigenvalue weighted by molar-refractivity contribution is 0.161. The first-order valence-electron chi connectivity index (χ1n) is 10.1. The molecule has 6 nitrogen and oxygen atoms in total. The van der Waals surface area contributed by atoms with Crippen molar-refractivity contribution in [2.24, 2.45) is 18.0 Å². The van der Waals surface area contributed by atoms with E-state index in [4.69, 9.17) is 0 Å². The second-order valence-corrected chi connectivity index (χ2v) is 7.84. The number of hydrogen-bond acceptors (Lipinski definition) is 3. The number of hydrogen-bond donors (Lipinski definition) is 2. The van der Waals surface area contributed by atoms with Crippen LogP contribution in [0.4, 0.5) is 0 Å². The van der Waals surface area contributed by atoms with Gasteiger partial charge in [0, 0.05) is 44.5 Å². The summed E-state index contributed by atoms with van der Waals surface area (Å²) in [5.74, 6) is 1.50. The molecular weight excluding hydrogens is 324 g/mol. The molecule has 0 aromatic carbocycles. The highest BCUT2D eigenvalue weighted by molar-refractivity contribution is 5.79. The van der Waals surface area contributed by atoms with Crippen LogP contribution in [0.15, 0.2) is 4.99 Å². The van der Waals surface area contributed by atoms with E-state index in [1.165, 1.54) is 50.0 Å². The maximum atomic E-state index is 4.49. The van der Waals surface area contributed by atoms with E-state index < -0.39 is 0 Å². The van der Waals surface area contributed by atoms with Crippen molar-refractivity contribution < 1.29 is 0 Å². The van der Waals surface area contributed by atoms with Crippen LogP contribution in [0.2, 0.25) is 0 Å². The molecule has 148 valence electrons. The van der Waals surface area contributed by atoms with Gasteiger partial charge in [-0.1, -0.05) is 26.7 Å². The average molecular weight is 363 g/mol. The molecule has 0 spiro atoms. The van der Waals surface area contributed by atoms with Gasteiger partial charge in [0.05, 0.1) is 5.69 Å². The van der Waals surface area contributed by atoms with Crippen LogP contribution in [0.3, 0.4) is 0 Å². The minimum absolute atomic E-state index is 0.550. The predicted octanol–water partition coefficient (Wildman–Crippen LogP) is 2.60. The lowest BCUT2D eigenvalue weighted by atomic mass is 10.0. The van der Waals surface area contributed by atoms with E-state index in [2.05, 4.69) is 53.3 Å². The first-order chi connectivity index (χ1) is 12.4. The van der Waals surface area contributed by atoms with E-state index in [-0.39, 0.29) is 0 Å². The summed E-state index contributed by atoms with van der Waals surface area (Å²) < 4.78 is 1.94. The van der Waals surface area contributed by atoms with Crippen molar-refractivity contribution >= 4 is 5.96 Å². The quantitative estimate of drug-likeness (QED) is 0.603. The molecule has 26 heavy (non-hydrogen) atoms. The van der Waals surface area contributed by atoms with E-state index in [9.17, 15) is 0 Å². The molecule has 1 aliphatic heterocycles. The Hall–Kier alpha value is -1.56. The average Bonchev–Trinajstić information content (AvgIpc) is 2.79. The summed E-state index contributed by atoms with van der Waals surface area (Å²) >= 11 is 0. The molecule has 2 rings (SSSR count). The van der Waals surface area contributed by atoms with Gasteiger partial charge in [-0.3, -0.25) is 14.6 Å². The number of guanidine groups is 1. The minimum atomic E-state index is 0.550. The van der Waals surface area contributed by atoms with Gasteiger partial charge in [0.25, 0.3) is 0 Å². The van der Waals surface area contributed by atoms with Crippen LogP contribution in [0.25, 0.3) is 0 Å². The fourth-order valence-electron chi connectivity index (χ4n) is 3.88. The van der Waals surface area contributed by atoms with E-state index in [0.29, 0.717) is 12.0 Å². The van der Waals surface area contributed by atoms with Gasteiger partial charge in [-0.15, -0.1) is 0 Å². The third kappa shape index (κ3) is 5.47. The van der Waals surface area contributed by atoms with E-state index in [1.807, 2.05) is 18.8 Å². The number of aryl methyl sites for hydroxylation is 2. The van der Waals surface area contributed by atoms with Crippen LogP contribution in [0.5, 0.6) is 0 Å². The van der Waals surface area contributed by atoms with Crippen LogP contribution in [0, 0.1) is 19.8 Å². The molecule has 0 saturated carbocycles. The van der Waals surface area contributed by atoms with E-state index >= 15 is 0 Å². The summed E-state index contributed by atoms with van der Waals surface area (Å²) in [4.78, 5) is 7.09. The molecule has 0 radical (unpaired) electrons. The number of rotatable bonds is 6. The molecular formula is C20H38N6. The van der Waals surface area contributed by atoms with Crippen LogP contribution < -0.4 is 10.6 Å². The normalized spacial score (nSPS) is 18.0. The molecule has 1 aromatic heterocycles. The van der Waals surface area contributed by atoms with Crippen molar-refractivity contribution in [2.75, 3.05) is 26.7 Å². The summed E-state index contributed by atoms with van der Waals surface area (Å²) in [7, 11) is 3.84. The van der Waals surface area contributed by atoms with Crippen molar-refractivity contribution in [1.29, 1.82) is 0 Å². The Morgan fingerprint density at radius 1 is 1.12 bits per heavy atom. The molecule has 0 amide bonds. The maximum absolute atomic E-state index is 4.49. The summed E-state index contributed by atoms with van der Waals surface area (Å²) in [6, 6.07) is 0.550. The molecule has 6 heteroatoms. The monoisotopic (exact) mass is 362 g/mol. The molecule has 1 aliphatic rings. The molecule has 2 N–H and O–H groups in total. The van der Waals surface area contributed by atoms with E-state index in [1.54, 1.807) is 0 Å². The minimum Gasteiger partial charge on any atom is -0.355 e. The topological polar surface area (TPSA) is 57.5 Å². The standard InChI is InChI=1S/C20H38N6/c1-15(2)19(26-11-9-7-8-10-12-26)14-23-20(21-5)22-13-18-16(3)24-25(6)17(18)4/h15,19H,7-14H2,1-6H3,(H2,21,22,23). The third-order valence-corrected chi connectivity index (χ3v) is 5.67. The van der Waals surface area contributed by atoms with E-state index in [0.717, 1.165) is 24.7 Å². The zero-order valence-corrected chi connectivity index (χ0v) is 17.6. The lowest BCUT2D eigenvalue weighted by Crippen LogP contribution is -2.49. The maximum Gasteiger partial charge on any atom is 0.191 e. The van der Waals surface area contributed by atoms with Gasteiger partial charge in [0.15, 0.2) is 5.96 Å². The number of likely N-dealkylation sites (tertiary alicyclic amines) is 1. The molecule has 0 bridgehead atoms. The molecule has 1 aromatic rings. The van der Waals surface area contributed by atoms with Gasteiger partial charge >= 0.3 is 0 Å².